The average Bonchev–Trinajstić information content (AvgIpc) is 2.48. The highest BCUT2D eigenvalue weighted by Crippen LogP contribution is 2.26. The van der Waals surface area contributed by atoms with Gasteiger partial charge in [0.15, 0.2) is 0 Å². The van der Waals surface area contributed by atoms with Crippen LogP contribution in [0.5, 0.6) is 5.75 Å². The normalized spacial score (nSPS) is 12.2. The number of ether oxygens (including phenoxy) is 1. The van der Waals surface area contributed by atoms with Crippen molar-refractivity contribution in [2.75, 3.05) is 7.11 Å². The summed E-state index contributed by atoms with van der Waals surface area (Å²) >= 11 is 12.2. The molecular weight excluding hydrogens is 293 g/mol. The van der Waals surface area contributed by atoms with Crippen molar-refractivity contribution in [1.29, 1.82) is 0 Å². The summed E-state index contributed by atoms with van der Waals surface area (Å²) < 4.78 is 5.24. The maximum absolute atomic E-state index is 6.18. The van der Waals surface area contributed by atoms with Crippen LogP contribution in [0, 0.1) is 0 Å². The van der Waals surface area contributed by atoms with Gasteiger partial charge in [-0.2, -0.15) is 0 Å². The van der Waals surface area contributed by atoms with E-state index in [0.29, 0.717) is 16.6 Å². The molecule has 1 N–H and O–H groups in total. The zero-order chi connectivity index (χ0) is 14.5. The fourth-order valence-corrected chi connectivity index (χ4v) is 2.36. The van der Waals surface area contributed by atoms with Gasteiger partial charge in [-0.1, -0.05) is 47.5 Å². The van der Waals surface area contributed by atoms with E-state index in [2.05, 4.69) is 18.3 Å². The highest BCUT2D eigenvalue weighted by molar-refractivity contribution is 6.42. The van der Waals surface area contributed by atoms with Crippen molar-refractivity contribution < 1.29 is 4.74 Å². The zero-order valence-electron chi connectivity index (χ0n) is 11.5. The lowest BCUT2D eigenvalue weighted by Crippen LogP contribution is -2.18. The van der Waals surface area contributed by atoms with Crippen LogP contribution >= 0.6 is 23.2 Å². The van der Waals surface area contributed by atoms with Crippen LogP contribution < -0.4 is 10.1 Å². The molecule has 2 aromatic rings. The number of methoxy groups -OCH3 is 1. The number of benzene rings is 2. The fraction of sp³-hybridized carbons (Fsp3) is 0.250. The van der Waals surface area contributed by atoms with Gasteiger partial charge in [0, 0.05) is 12.6 Å². The molecule has 2 rings (SSSR count). The number of rotatable bonds is 5. The van der Waals surface area contributed by atoms with E-state index in [1.807, 2.05) is 30.3 Å². The van der Waals surface area contributed by atoms with Gasteiger partial charge in [-0.25, -0.2) is 0 Å². The molecule has 2 aromatic carbocycles. The van der Waals surface area contributed by atoms with E-state index in [1.54, 1.807) is 13.2 Å². The van der Waals surface area contributed by atoms with Crippen LogP contribution in [0.4, 0.5) is 0 Å². The zero-order valence-corrected chi connectivity index (χ0v) is 13.0. The molecule has 0 bridgehead atoms. The van der Waals surface area contributed by atoms with Gasteiger partial charge in [-0.15, -0.1) is 0 Å². The van der Waals surface area contributed by atoms with E-state index in [0.717, 1.165) is 11.3 Å². The molecule has 2 nitrogen and oxygen atoms in total. The molecule has 20 heavy (non-hydrogen) atoms. The first-order chi connectivity index (χ1) is 9.61. The van der Waals surface area contributed by atoms with Crippen molar-refractivity contribution in [2.45, 2.75) is 19.5 Å². The monoisotopic (exact) mass is 309 g/mol. The number of halogens is 2. The molecule has 0 aliphatic rings. The predicted molar refractivity (Wildman–Crippen MR) is 84.7 cm³/mol. The maximum atomic E-state index is 6.18. The number of hydrogen-bond donors (Lipinski definition) is 1. The molecule has 0 unspecified atom stereocenters. The Kier molecular flexibility index (Phi) is 5.30. The van der Waals surface area contributed by atoms with E-state index < -0.39 is 0 Å². The second kappa shape index (κ2) is 6.98. The van der Waals surface area contributed by atoms with E-state index in [-0.39, 0.29) is 6.04 Å². The molecule has 0 fully saturated rings. The summed E-state index contributed by atoms with van der Waals surface area (Å²) in [5.41, 5.74) is 2.16. The second-order valence-corrected chi connectivity index (χ2v) is 5.38. The van der Waals surface area contributed by atoms with Crippen molar-refractivity contribution in [3.05, 3.63) is 63.6 Å². The molecule has 1 atom stereocenters. The summed E-state index contributed by atoms with van der Waals surface area (Å²) in [6.07, 6.45) is 0. The molecule has 106 valence electrons. The van der Waals surface area contributed by atoms with E-state index >= 15 is 0 Å². The lowest BCUT2D eigenvalue weighted by molar-refractivity contribution is 0.413. The van der Waals surface area contributed by atoms with Crippen LogP contribution in [-0.2, 0) is 6.54 Å². The van der Waals surface area contributed by atoms with Crippen LogP contribution in [0.15, 0.2) is 42.5 Å². The van der Waals surface area contributed by atoms with Crippen molar-refractivity contribution in [2.24, 2.45) is 0 Å². The Morgan fingerprint density at radius 2 is 1.90 bits per heavy atom. The van der Waals surface area contributed by atoms with E-state index in [1.165, 1.54) is 5.56 Å². The molecule has 0 aliphatic carbocycles. The Morgan fingerprint density at radius 3 is 2.65 bits per heavy atom. The summed E-state index contributed by atoms with van der Waals surface area (Å²) in [5, 5.41) is 4.63. The first-order valence-corrected chi connectivity index (χ1v) is 7.17. The summed E-state index contributed by atoms with van der Waals surface area (Å²) in [4.78, 5) is 0. The first-order valence-electron chi connectivity index (χ1n) is 6.42. The SMILES string of the molecule is COc1cccc([C@H](C)NCc2cccc(Cl)c2Cl)c1. The third-order valence-electron chi connectivity index (χ3n) is 3.22. The summed E-state index contributed by atoms with van der Waals surface area (Å²) in [5.74, 6) is 0.858. The van der Waals surface area contributed by atoms with Crippen LogP contribution in [0.1, 0.15) is 24.1 Å². The Bertz CT molecular complexity index is 586. The van der Waals surface area contributed by atoms with Crippen LogP contribution in [-0.4, -0.2) is 7.11 Å². The second-order valence-electron chi connectivity index (χ2n) is 4.59. The highest BCUT2D eigenvalue weighted by Gasteiger charge is 2.08. The summed E-state index contributed by atoms with van der Waals surface area (Å²) in [6, 6.07) is 13.9. The van der Waals surface area contributed by atoms with E-state index in [4.69, 9.17) is 27.9 Å². The van der Waals surface area contributed by atoms with Crippen molar-refractivity contribution >= 4 is 23.2 Å². The molecule has 0 saturated heterocycles. The van der Waals surface area contributed by atoms with Crippen LogP contribution in [0.25, 0.3) is 0 Å². The standard InChI is InChI=1S/C16H17Cl2NO/c1-11(12-5-3-7-14(9-12)20-2)19-10-13-6-4-8-15(17)16(13)18/h3-9,11,19H,10H2,1-2H3/t11-/m0/s1. The van der Waals surface area contributed by atoms with Gasteiger partial charge < -0.3 is 10.1 Å². The Labute approximate surface area is 129 Å². The Morgan fingerprint density at radius 1 is 1.15 bits per heavy atom. The Balaban J connectivity index is 2.04. The van der Waals surface area contributed by atoms with Gasteiger partial charge in [-0.3, -0.25) is 0 Å². The third kappa shape index (κ3) is 3.66. The molecule has 0 aliphatic heterocycles. The molecule has 0 amide bonds. The minimum Gasteiger partial charge on any atom is -0.497 e. The summed E-state index contributed by atoms with van der Waals surface area (Å²) in [7, 11) is 1.67. The minimum atomic E-state index is 0.195. The third-order valence-corrected chi connectivity index (χ3v) is 4.08. The van der Waals surface area contributed by atoms with Crippen molar-refractivity contribution in [1.82, 2.24) is 5.32 Å². The lowest BCUT2D eigenvalue weighted by Gasteiger charge is -2.16. The molecular formula is C16H17Cl2NO. The highest BCUT2D eigenvalue weighted by atomic mass is 35.5. The lowest BCUT2D eigenvalue weighted by atomic mass is 10.1. The molecule has 0 heterocycles. The van der Waals surface area contributed by atoms with Crippen molar-refractivity contribution in [3.8, 4) is 5.75 Å². The first kappa shape index (κ1) is 15.2. The van der Waals surface area contributed by atoms with E-state index in [9.17, 15) is 0 Å². The topological polar surface area (TPSA) is 21.3 Å². The van der Waals surface area contributed by atoms with Gasteiger partial charge in [0.1, 0.15) is 5.75 Å². The smallest absolute Gasteiger partial charge is 0.119 e. The quantitative estimate of drug-likeness (QED) is 0.852. The minimum absolute atomic E-state index is 0.195. The van der Waals surface area contributed by atoms with Crippen LogP contribution in [0.3, 0.4) is 0 Å². The largest absolute Gasteiger partial charge is 0.497 e. The molecule has 4 heteroatoms. The average molecular weight is 310 g/mol. The van der Waals surface area contributed by atoms with Gasteiger partial charge in [0.2, 0.25) is 0 Å². The molecule has 0 spiro atoms. The van der Waals surface area contributed by atoms with Crippen LogP contribution in [0.2, 0.25) is 10.0 Å². The van der Waals surface area contributed by atoms with Gasteiger partial charge >= 0.3 is 0 Å². The van der Waals surface area contributed by atoms with Gasteiger partial charge in [0.25, 0.3) is 0 Å². The van der Waals surface area contributed by atoms with Gasteiger partial charge in [-0.05, 0) is 36.2 Å². The Hall–Kier alpha value is -1.22. The molecule has 0 radical (unpaired) electrons. The number of nitrogens with one attached hydrogen (secondary N) is 1. The molecule has 0 saturated carbocycles. The van der Waals surface area contributed by atoms with Gasteiger partial charge in [0.05, 0.1) is 17.2 Å². The maximum Gasteiger partial charge on any atom is 0.119 e. The van der Waals surface area contributed by atoms with Crippen molar-refractivity contribution in [3.63, 3.8) is 0 Å². The number of hydrogen-bond acceptors (Lipinski definition) is 2. The summed E-state index contributed by atoms with van der Waals surface area (Å²) in [6.45, 7) is 2.77. The fourth-order valence-electron chi connectivity index (χ4n) is 1.98. The predicted octanol–water partition coefficient (Wildman–Crippen LogP) is 4.85. The molecule has 0 aromatic heterocycles.